The van der Waals surface area contributed by atoms with Crippen molar-refractivity contribution in [2.24, 2.45) is 0 Å². The number of nitrogens with zero attached hydrogens (tertiary/aromatic N) is 1. The van der Waals surface area contributed by atoms with E-state index in [0.29, 0.717) is 17.6 Å². The summed E-state index contributed by atoms with van der Waals surface area (Å²) in [6.07, 6.45) is 17.3. The van der Waals surface area contributed by atoms with Gasteiger partial charge in [0.05, 0.1) is 20.6 Å². The molecular weight excluding hydrogens is 346 g/mol. The highest BCUT2D eigenvalue weighted by Crippen LogP contribution is 2.11. The van der Waals surface area contributed by atoms with E-state index >= 15 is 0 Å². The minimum absolute atomic E-state index is 0.116. The van der Waals surface area contributed by atoms with E-state index in [-0.39, 0.29) is 5.97 Å². The number of carbonyl (C=O) groups is 1. The van der Waals surface area contributed by atoms with Crippen molar-refractivity contribution in [2.75, 3.05) is 33.8 Å². The molecule has 28 heavy (non-hydrogen) atoms. The van der Waals surface area contributed by atoms with Crippen molar-refractivity contribution in [3.63, 3.8) is 0 Å². The van der Waals surface area contributed by atoms with Gasteiger partial charge in [0.1, 0.15) is 6.61 Å². The molecule has 0 heterocycles. The maximum absolute atomic E-state index is 12.1. The van der Waals surface area contributed by atoms with Crippen LogP contribution in [0.25, 0.3) is 6.08 Å². The number of likely N-dealkylation sites (N-methyl/N-ethyl adjacent to an activating group) is 1. The number of unbranched alkanes of at least 4 members (excludes halogenated alkanes) is 9. The zero-order valence-electron chi connectivity index (χ0n) is 18.5. The maximum atomic E-state index is 12.1. The molecule has 0 radical (unpaired) electrons. The van der Waals surface area contributed by atoms with E-state index in [1.807, 2.05) is 42.5 Å². The van der Waals surface area contributed by atoms with Gasteiger partial charge >= 0.3 is 5.97 Å². The minimum Gasteiger partial charge on any atom is -0.457 e. The zero-order chi connectivity index (χ0) is 20.5. The fraction of sp³-hybridized carbons (Fsp3) is 0.640. The summed E-state index contributed by atoms with van der Waals surface area (Å²) < 4.78 is 6.06. The second-order valence-corrected chi connectivity index (χ2v) is 8.50. The second kappa shape index (κ2) is 15.3. The Labute approximate surface area is 173 Å². The second-order valence-electron chi connectivity index (χ2n) is 8.50. The van der Waals surface area contributed by atoms with Crippen molar-refractivity contribution in [3.8, 4) is 0 Å². The molecule has 0 aliphatic heterocycles. The molecule has 158 valence electrons. The SMILES string of the molecule is CCCCCCCCCCCC[N+](C)(C)CC(=O)OCC=Cc1ccccc1. The van der Waals surface area contributed by atoms with Crippen LogP contribution in [0, 0.1) is 0 Å². The van der Waals surface area contributed by atoms with E-state index in [4.69, 9.17) is 4.74 Å². The van der Waals surface area contributed by atoms with Crippen LogP contribution < -0.4 is 0 Å². The Bertz CT molecular complexity index is 537. The third-order valence-electron chi connectivity index (χ3n) is 5.12. The normalized spacial score (nSPS) is 11.8. The van der Waals surface area contributed by atoms with Crippen molar-refractivity contribution in [2.45, 2.75) is 71.1 Å². The van der Waals surface area contributed by atoms with Crippen LogP contribution in [0.4, 0.5) is 0 Å². The number of benzene rings is 1. The van der Waals surface area contributed by atoms with Crippen LogP contribution in [0.5, 0.6) is 0 Å². The molecule has 1 rings (SSSR count). The van der Waals surface area contributed by atoms with Crippen LogP contribution in [-0.4, -0.2) is 44.2 Å². The van der Waals surface area contributed by atoms with Crippen LogP contribution in [0.3, 0.4) is 0 Å². The summed E-state index contributed by atoms with van der Waals surface area (Å²) in [5.74, 6) is -0.116. The smallest absolute Gasteiger partial charge is 0.362 e. The highest BCUT2D eigenvalue weighted by atomic mass is 16.5. The lowest BCUT2D eigenvalue weighted by molar-refractivity contribution is -0.883. The molecule has 0 N–H and O–H groups in total. The van der Waals surface area contributed by atoms with Crippen LogP contribution in [0.2, 0.25) is 0 Å². The summed E-state index contributed by atoms with van der Waals surface area (Å²) in [5, 5.41) is 0. The molecule has 0 spiro atoms. The highest BCUT2D eigenvalue weighted by molar-refractivity contribution is 5.70. The van der Waals surface area contributed by atoms with E-state index in [1.54, 1.807) is 0 Å². The van der Waals surface area contributed by atoms with Crippen LogP contribution >= 0.6 is 0 Å². The van der Waals surface area contributed by atoms with E-state index in [2.05, 4.69) is 21.0 Å². The Balaban J connectivity index is 2.04. The Kier molecular flexibility index (Phi) is 13.4. The lowest BCUT2D eigenvalue weighted by Gasteiger charge is -2.28. The molecule has 0 unspecified atom stereocenters. The number of quaternary nitrogens is 1. The minimum atomic E-state index is -0.116. The van der Waals surface area contributed by atoms with Gasteiger partial charge in [-0.25, -0.2) is 4.79 Å². The third-order valence-corrected chi connectivity index (χ3v) is 5.12. The lowest BCUT2D eigenvalue weighted by atomic mass is 10.1. The molecule has 0 bridgehead atoms. The average Bonchev–Trinajstić information content (AvgIpc) is 2.67. The first-order chi connectivity index (χ1) is 13.5. The van der Waals surface area contributed by atoms with Gasteiger partial charge in [0.25, 0.3) is 0 Å². The predicted molar refractivity (Wildman–Crippen MR) is 120 cm³/mol. The van der Waals surface area contributed by atoms with Gasteiger partial charge in [-0.3, -0.25) is 0 Å². The van der Waals surface area contributed by atoms with Crippen LogP contribution in [0.1, 0.15) is 76.7 Å². The van der Waals surface area contributed by atoms with Crippen LogP contribution in [-0.2, 0) is 9.53 Å². The first-order valence-corrected chi connectivity index (χ1v) is 11.2. The van der Waals surface area contributed by atoms with Gasteiger partial charge < -0.3 is 9.22 Å². The zero-order valence-corrected chi connectivity index (χ0v) is 18.5. The third kappa shape index (κ3) is 13.5. The fourth-order valence-electron chi connectivity index (χ4n) is 3.39. The molecule has 0 saturated heterocycles. The molecule has 3 heteroatoms. The van der Waals surface area contributed by atoms with Gasteiger partial charge in [0.2, 0.25) is 0 Å². The molecule has 3 nitrogen and oxygen atoms in total. The molecule has 0 aliphatic rings. The molecule has 0 amide bonds. The summed E-state index contributed by atoms with van der Waals surface area (Å²) in [4.78, 5) is 12.1. The van der Waals surface area contributed by atoms with Crippen molar-refractivity contribution >= 4 is 12.0 Å². The molecule has 0 aliphatic carbocycles. The molecule has 0 saturated carbocycles. The summed E-state index contributed by atoms with van der Waals surface area (Å²) in [6, 6.07) is 10.1. The highest BCUT2D eigenvalue weighted by Gasteiger charge is 2.20. The van der Waals surface area contributed by atoms with Gasteiger partial charge in [-0.2, -0.15) is 0 Å². The van der Waals surface area contributed by atoms with Crippen LogP contribution in [0.15, 0.2) is 36.4 Å². The topological polar surface area (TPSA) is 26.3 Å². The standard InChI is InChI=1S/C25H42NO2/c1-4-5-6-7-8-9-10-11-12-16-21-26(2,3)23-25(27)28-22-17-20-24-18-14-13-15-19-24/h13-15,17-20H,4-12,16,21-23H2,1-3H3/q+1. The van der Waals surface area contributed by atoms with Gasteiger partial charge in [-0.1, -0.05) is 94.7 Å². The Hall–Kier alpha value is -1.61. The van der Waals surface area contributed by atoms with E-state index in [0.717, 1.165) is 12.1 Å². The number of ether oxygens (including phenoxy) is 1. The number of carbonyl (C=O) groups excluding carboxylic acids is 1. The first-order valence-electron chi connectivity index (χ1n) is 11.2. The fourth-order valence-corrected chi connectivity index (χ4v) is 3.39. The summed E-state index contributed by atoms with van der Waals surface area (Å²) in [5.41, 5.74) is 1.12. The monoisotopic (exact) mass is 388 g/mol. The predicted octanol–water partition coefficient (Wildman–Crippen LogP) is 6.24. The van der Waals surface area contributed by atoms with Crippen molar-refractivity contribution < 1.29 is 14.0 Å². The molecule has 0 aromatic heterocycles. The maximum Gasteiger partial charge on any atom is 0.362 e. The molecule has 1 aromatic rings. The lowest BCUT2D eigenvalue weighted by Crippen LogP contribution is -2.45. The Morgan fingerprint density at radius 1 is 0.893 bits per heavy atom. The van der Waals surface area contributed by atoms with Crippen molar-refractivity contribution in [3.05, 3.63) is 42.0 Å². The Morgan fingerprint density at radius 3 is 2.07 bits per heavy atom. The average molecular weight is 389 g/mol. The largest absolute Gasteiger partial charge is 0.457 e. The first kappa shape index (κ1) is 24.4. The number of rotatable bonds is 16. The summed E-state index contributed by atoms with van der Waals surface area (Å²) >= 11 is 0. The van der Waals surface area contributed by atoms with Gasteiger partial charge in [0.15, 0.2) is 6.54 Å². The summed E-state index contributed by atoms with van der Waals surface area (Å²) in [6.45, 7) is 4.08. The van der Waals surface area contributed by atoms with E-state index in [9.17, 15) is 4.79 Å². The molecular formula is C25H42NO2+. The summed E-state index contributed by atoms with van der Waals surface area (Å²) in [7, 11) is 4.24. The number of esters is 1. The molecule has 0 fully saturated rings. The van der Waals surface area contributed by atoms with E-state index < -0.39 is 0 Å². The Morgan fingerprint density at radius 2 is 1.46 bits per heavy atom. The van der Waals surface area contributed by atoms with Gasteiger partial charge in [-0.15, -0.1) is 0 Å². The molecule has 0 atom stereocenters. The molecule has 1 aromatic carbocycles. The number of hydrogen-bond donors (Lipinski definition) is 0. The van der Waals surface area contributed by atoms with Gasteiger partial charge in [-0.05, 0) is 24.5 Å². The van der Waals surface area contributed by atoms with Gasteiger partial charge in [0, 0.05) is 0 Å². The van der Waals surface area contributed by atoms with Crippen molar-refractivity contribution in [1.82, 2.24) is 0 Å². The quantitative estimate of drug-likeness (QED) is 0.190. The van der Waals surface area contributed by atoms with Crippen molar-refractivity contribution in [1.29, 1.82) is 0 Å². The van der Waals surface area contributed by atoms with E-state index in [1.165, 1.54) is 64.2 Å². The number of hydrogen-bond acceptors (Lipinski definition) is 2.